The summed E-state index contributed by atoms with van der Waals surface area (Å²) >= 11 is 0. The van der Waals surface area contributed by atoms with Crippen molar-refractivity contribution in [2.45, 2.75) is 48.0 Å². The Morgan fingerprint density at radius 1 is 1.06 bits per heavy atom. The fraction of sp³-hybridized carbons (Fsp3) is 0.692. The summed E-state index contributed by atoms with van der Waals surface area (Å²) in [6.07, 6.45) is 0.756. The van der Waals surface area contributed by atoms with Gasteiger partial charge in [0, 0.05) is 12.3 Å². The molecular weight excluding hydrogens is 204 g/mol. The number of ether oxygens (including phenoxy) is 1. The van der Waals surface area contributed by atoms with Crippen LogP contribution in [-0.2, 0) is 14.3 Å². The van der Waals surface area contributed by atoms with Crippen LogP contribution in [0.5, 0.6) is 0 Å². The molecule has 0 radical (unpaired) electrons. The number of ketones is 1. The summed E-state index contributed by atoms with van der Waals surface area (Å²) in [6.45, 7) is 11.2. The fourth-order valence-corrected chi connectivity index (χ4v) is 1.50. The highest BCUT2D eigenvalue weighted by Crippen LogP contribution is 2.27. The SMILES string of the molecule is CC(=O)OCC(C)(C)C/C(C)=C(/C)C(C)=O. The molecule has 0 heterocycles. The van der Waals surface area contributed by atoms with Crippen molar-refractivity contribution >= 4 is 11.8 Å². The predicted molar refractivity (Wildman–Crippen MR) is 64.1 cm³/mol. The highest BCUT2D eigenvalue weighted by Gasteiger charge is 2.21. The van der Waals surface area contributed by atoms with E-state index in [0.29, 0.717) is 6.61 Å². The van der Waals surface area contributed by atoms with Crippen LogP contribution in [0, 0.1) is 5.41 Å². The summed E-state index contributed by atoms with van der Waals surface area (Å²) in [7, 11) is 0. The summed E-state index contributed by atoms with van der Waals surface area (Å²) in [5.41, 5.74) is 1.73. The second kappa shape index (κ2) is 5.83. The van der Waals surface area contributed by atoms with Crippen LogP contribution in [0.3, 0.4) is 0 Å². The topological polar surface area (TPSA) is 43.4 Å². The van der Waals surface area contributed by atoms with Crippen molar-refractivity contribution < 1.29 is 14.3 Å². The molecule has 0 N–H and O–H groups in total. The molecule has 0 aliphatic carbocycles. The zero-order chi connectivity index (χ0) is 12.9. The normalized spacial score (nSPS) is 13.1. The van der Waals surface area contributed by atoms with Gasteiger partial charge in [-0.05, 0) is 32.8 Å². The van der Waals surface area contributed by atoms with Gasteiger partial charge in [0.25, 0.3) is 0 Å². The van der Waals surface area contributed by atoms with Gasteiger partial charge in [0.2, 0.25) is 0 Å². The molecule has 0 aromatic carbocycles. The summed E-state index contributed by atoms with van der Waals surface area (Å²) in [6, 6.07) is 0. The summed E-state index contributed by atoms with van der Waals surface area (Å²) in [5.74, 6) is -0.168. The van der Waals surface area contributed by atoms with E-state index in [4.69, 9.17) is 4.74 Å². The zero-order valence-electron chi connectivity index (χ0n) is 11.1. The van der Waals surface area contributed by atoms with Crippen LogP contribution < -0.4 is 0 Å². The van der Waals surface area contributed by atoms with Gasteiger partial charge in [0.1, 0.15) is 0 Å². The van der Waals surface area contributed by atoms with E-state index in [1.807, 2.05) is 27.7 Å². The third-order valence-corrected chi connectivity index (χ3v) is 2.58. The molecule has 0 fully saturated rings. The van der Waals surface area contributed by atoms with Crippen LogP contribution in [0.25, 0.3) is 0 Å². The van der Waals surface area contributed by atoms with Gasteiger partial charge in [0.15, 0.2) is 5.78 Å². The van der Waals surface area contributed by atoms with Crippen LogP contribution in [0.1, 0.15) is 48.0 Å². The van der Waals surface area contributed by atoms with E-state index in [9.17, 15) is 9.59 Å². The van der Waals surface area contributed by atoms with Gasteiger partial charge < -0.3 is 4.74 Å². The Balaban J connectivity index is 4.52. The van der Waals surface area contributed by atoms with Crippen LogP contribution in [0.15, 0.2) is 11.1 Å². The molecule has 0 aromatic rings. The minimum Gasteiger partial charge on any atom is -0.465 e. The molecule has 16 heavy (non-hydrogen) atoms. The van der Waals surface area contributed by atoms with Crippen molar-refractivity contribution in [2.24, 2.45) is 5.41 Å². The Kier molecular flexibility index (Phi) is 5.42. The minimum atomic E-state index is -0.266. The smallest absolute Gasteiger partial charge is 0.302 e. The largest absolute Gasteiger partial charge is 0.465 e. The number of Topliss-reactive ketones (excluding diaryl/α,β-unsaturated/α-hetero) is 1. The molecule has 0 saturated carbocycles. The summed E-state index contributed by atoms with van der Waals surface area (Å²) in [4.78, 5) is 21.9. The van der Waals surface area contributed by atoms with E-state index in [1.165, 1.54) is 6.92 Å². The third-order valence-electron chi connectivity index (χ3n) is 2.58. The lowest BCUT2D eigenvalue weighted by molar-refractivity contribution is -0.144. The summed E-state index contributed by atoms with van der Waals surface area (Å²) in [5, 5.41) is 0. The first kappa shape index (κ1) is 14.9. The van der Waals surface area contributed by atoms with Crippen molar-refractivity contribution in [1.29, 1.82) is 0 Å². The molecule has 0 aromatic heterocycles. The van der Waals surface area contributed by atoms with Gasteiger partial charge in [-0.25, -0.2) is 0 Å². The fourth-order valence-electron chi connectivity index (χ4n) is 1.50. The molecule has 0 unspecified atom stereocenters. The first-order chi connectivity index (χ1) is 7.15. The van der Waals surface area contributed by atoms with Gasteiger partial charge in [0.05, 0.1) is 6.61 Å². The van der Waals surface area contributed by atoms with E-state index >= 15 is 0 Å². The number of esters is 1. The molecule has 0 aliphatic rings. The molecule has 3 heteroatoms. The van der Waals surface area contributed by atoms with Crippen molar-refractivity contribution in [2.75, 3.05) is 6.61 Å². The molecule has 0 aliphatic heterocycles. The lowest BCUT2D eigenvalue weighted by Crippen LogP contribution is -2.22. The van der Waals surface area contributed by atoms with Crippen molar-refractivity contribution in [3.8, 4) is 0 Å². The number of rotatable bonds is 5. The highest BCUT2D eigenvalue weighted by molar-refractivity contribution is 5.93. The highest BCUT2D eigenvalue weighted by atomic mass is 16.5. The molecule has 3 nitrogen and oxygen atoms in total. The molecule has 0 saturated heterocycles. The molecule has 0 rings (SSSR count). The first-order valence-electron chi connectivity index (χ1n) is 5.46. The predicted octanol–water partition coefficient (Wildman–Crippen LogP) is 2.89. The Hall–Kier alpha value is -1.12. The molecule has 0 amide bonds. The molecular formula is C13H22O3. The molecule has 0 spiro atoms. The molecule has 92 valence electrons. The molecule has 0 bridgehead atoms. The Bertz CT molecular complexity index is 311. The maximum absolute atomic E-state index is 11.2. The van der Waals surface area contributed by atoms with Gasteiger partial charge in [-0.2, -0.15) is 0 Å². The quantitative estimate of drug-likeness (QED) is 0.534. The van der Waals surface area contributed by atoms with Gasteiger partial charge >= 0.3 is 5.97 Å². The van der Waals surface area contributed by atoms with Gasteiger partial charge in [-0.15, -0.1) is 0 Å². The van der Waals surface area contributed by atoms with E-state index in [1.54, 1.807) is 6.92 Å². The Labute approximate surface area is 97.9 Å². The van der Waals surface area contributed by atoms with Gasteiger partial charge in [-0.1, -0.05) is 19.4 Å². The number of hydrogen-bond acceptors (Lipinski definition) is 3. The maximum atomic E-state index is 11.2. The maximum Gasteiger partial charge on any atom is 0.302 e. The van der Waals surface area contributed by atoms with E-state index in [-0.39, 0.29) is 17.2 Å². The first-order valence-corrected chi connectivity index (χ1v) is 5.46. The van der Waals surface area contributed by atoms with Crippen LogP contribution >= 0.6 is 0 Å². The van der Waals surface area contributed by atoms with Crippen molar-refractivity contribution in [3.63, 3.8) is 0 Å². The second-order valence-electron chi connectivity index (χ2n) is 5.08. The van der Waals surface area contributed by atoms with Crippen LogP contribution in [-0.4, -0.2) is 18.4 Å². The van der Waals surface area contributed by atoms with Crippen LogP contribution in [0.2, 0.25) is 0 Å². The van der Waals surface area contributed by atoms with E-state index < -0.39 is 0 Å². The lowest BCUT2D eigenvalue weighted by atomic mass is 9.85. The third kappa shape index (κ3) is 5.69. The lowest BCUT2D eigenvalue weighted by Gasteiger charge is -2.24. The van der Waals surface area contributed by atoms with Crippen LogP contribution in [0.4, 0.5) is 0 Å². The number of carbonyl (C=O) groups is 2. The van der Waals surface area contributed by atoms with E-state index in [0.717, 1.165) is 17.6 Å². The number of hydrogen-bond donors (Lipinski definition) is 0. The summed E-state index contributed by atoms with van der Waals surface area (Å²) < 4.78 is 5.00. The Morgan fingerprint density at radius 3 is 1.94 bits per heavy atom. The standard InChI is InChI=1S/C13H22O3/c1-9(10(2)11(3)14)7-13(5,6)8-16-12(4)15/h7-8H2,1-6H3/b10-9-. The average molecular weight is 226 g/mol. The second-order valence-corrected chi connectivity index (χ2v) is 5.08. The van der Waals surface area contributed by atoms with Crippen molar-refractivity contribution in [1.82, 2.24) is 0 Å². The van der Waals surface area contributed by atoms with E-state index in [2.05, 4.69) is 0 Å². The molecule has 0 atom stereocenters. The average Bonchev–Trinajstić information content (AvgIpc) is 2.12. The zero-order valence-corrected chi connectivity index (χ0v) is 11.1. The Morgan fingerprint density at radius 2 is 1.56 bits per heavy atom. The minimum absolute atomic E-state index is 0.0980. The van der Waals surface area contributed by atoms with Crippen molar-refractivity contribution in [3.05, 3.63) is 11.1 Å². The monoisotopic (exact) mass is 226 g/mol. The number of allylic oxidation sites excluding steroid dienone is 2. The van der Waals surface area contributed by atoms with Gasteiger partial charge in [-0.3, -0.25) is 9.59 Å². The number of carbonyl (C=O) groups excluding carboxylic acids is 2.